The fourth-order valence-corrected chi connectivity index (χ4v) is 3.63. The maximum atomic E-state index is 13.4. The third kappa shape index (κ3) is 6.36. The topological polar surface area (TPSA) is 85.4 Å². The molecule has 0 radical (unpaired) electrons. The van der Waals surface area contributed by atoms with E-state index >= 15 is 0 Å². The van der Waals surface area contributed by atoms with Gasteiger partial charge in [0.1, 0.15) is 42.7 Å². The molecule has 1 amide bonds. The minimum atomic E-state index is -0.317. The fourth-order valence-electron chi connectivity index (χ4n) is 3.39. The highest BCUT2D eigenvalue weighted by atomic mass is 35.5. The Morgan fingerprint density at radius 1 is 1.03 bits per heavy atom. The first-order valence-corrected chi connectivity index (χ1v) is 11.5. The van der Waals surface area contributed by atoms with Gasteiger partial charge in [-0.1, -0.05) is 36.7 Å². The summed E-state index contributed by atoms with van der Waals surface area (Å²) in [6.07, 6.45) is 1.89. The van der Waals surface area contributed by atoms with Gasteiger partial charge >= 0.3 is 0 Å². The number of carbonyl (C=O) groups excluding carboxylic acids is 1. The molecular formula is C26H24ClFN4O3. The Balaban J connectivity index is 1.48. The van der Waals surface area contributed by atoms with Crippen LogP contribution in [0.1, 0.15) is 18.9 Å². The van der Waals surface area contributed by atoms with Crippen molar-refractivity contribution in [3.63, 3.8) is 0 Å². The number of aromatic nitrogens is 2. The van der Waals surface area contributed by atoms with Crippen LogP contribution in [0, 0.1) is 5.82 Å². The number of nitrogens with one attached hydrogen (secondary N) is 2. The Kier molecular flexibility index (Phi) is 7.95. The number of nitrogens with zero attached hydrogens (tertiary/aromatic N) is 2. The molecule has 4 rings (SSSR count). The summed E-state index contributed by atoms with van der Waals surface area (Å²) >= 11 is 6.43. The first kappa shape index (κ1) is 24.2. The molecule has 0 saturated carbocycles. The molecule has 35 heavy (non-hydrogen) atoms. The molecule has 0 saturated heterocycles. The van der Waals surface area contributed by atoms with E-state index in [2.05, 4.69) is 20.6 Å². The number of rotatable bonds is 10. The van der Waals surface area contributed by atoms with Gasteiger partial charge in [0.25, 0.3) is 0 Å². The van der Waals surface area contributed by atoms with Crippen LogP contribution < -0.4 is 20.1 Å². The predicted molar refractivity (Wildman–Crippen MR) is 134 cm³/mol. The second-order valence-electron chi connectivity index (χ2n) is 7.61. The Bertz CT molecular complexity index is 1330. The third-order valence-corrected chi connectivity index (χ3v) is 5.40. The zero-order valence-corrected chi connectivity index (χ0v) is 19.8. The molecule has 3 aromatic carbocycles. The van der Waals surface area contributed by atoms with Crippen LogP contribution in [0.4, 0.5) is 15.9 Å². The maximum Gasteiger partial charge on any atom is 0.219 e. The van der Waals surface area contributed by atoms with Crippen LogP contribution in [0.25, 0.3) is 10.9 Å². The number of fused-ring (bicyclic) bond motifs is 1. The van der Waals surface area contributed by atoms with E-state index in [0.717, 1.165) is 0 Å². The Morgan fingerprint density at radius 3 is 2.69 bits per heavy atom. The first-order valence-electron chi connectivity index (χ1n) is 11.1. The molecule has 2 N–H and O–H groups in total. The Morgan fingerprint density at radius 2 is 1.89 bits per heavy atom. The normalized spacial score (nSPS) is 10.7. The fraction of sp³-hybridized carbons (Fsp3) is 0.192. The monoisotopic (exact) mass is 494 g/mol. The number of halogens is 2. The van der Waals surface area contributed by atoms with Gasteiger partial charge in [-0.25, -0.2) is 14.4 Å². The van der Waals surface area contributed by atoms with E-state index in [-0.39, 0.29) is 18.3 Å². The summed E-state index contributed by atoms with van der Waals surface area (Å²) in [7, 11) is 0. The van der Waals surface area contributed by atoms with E-state index in [9.17, 15) is 9.18 Å². The van der Waals surface area contributed by atoms with Crippen LogP contribution >= 0.6 is 11.6 Å². The number of hydrogen-bond donors (Lipinski definition) is 2. The average molecular weight is 495 g/mol. The summed E-state index contributed by atoms with van der Waals surface area (Å²) in [4.78, 5) is 20.2. The number of hydrogen-bond acceptors (Lipinski definition) is 6. The number of ether oxygens (including phenoxy) is 2. The van der Waals surface area contributed by atoms with Gasteiger partial charge in [0.2, 0.25) is 5.91 Å². The summed E-state index contributed by atoms with van der Waals surface area (Å²) in [6.45, 7) is 2.69. The maximum absolute atomic E-state index is 13.4. The number of amides is 1. The van der Waals surface area contributed by atoms with Gasteiger partial charge in [-0.3, -0.25) is 4.79 Å². The molecule has 1 heterocycles. The zero-order valence-electron chi connectivity index (χ0n) is 19.1. The molecule has 9 heteroatoms. The van der Waals surface area contributed by atoms with Crippen LogP contribution in [0.15, 0.2) is 67.0 Å². The van der Waals surface area contributed by atoms with Crippen LogP contribution in [0.2, 0.25) is 5.02 Å². The van der Waals surface area contributed by atoms with Crippen molar-refractivity contribution < 1.29 is 18.7 Å². The molecule has 0 fully saturated rings. The molecule has 4 aromatic rings. The van der Waals surface area contributed by atoms with Crippen molar-refractivity contribution in [3.05, 3.63) is 83.4 Å². The largest absolute Gasteiger partial charge is 0.491 e. The van der Waals surface area contributed by atoms with Crippen LogP contribution in [-0.2, 0) is 11.4 Å². The van der Waals surface area contributed by atoms with Crippen molar-refractivity contribution in [1.82, 2.24) is 15.3 Å². The van der Waals surface area contributed by atoms with E-state index in [1.54, 1.807) is 31.2 Å². The molecule has 180 valence electrons. The van der Waals surface area contributed by atoms with Crippen molar-refractivity contribution >= 4 is 39.9 Å². The number of carbonyl (C=O) groups is 1. The first-order chi connectivity index (χ1) is 17.0. The summed E-state index contributed by atoms with van der Waals surface area (Å²) < 4.78 is 25.0. The molecule has 0 atom stereocenters. The summed E-state index contributed by atoms with van der Waals surface area (Å²) in [5, 5.41) is 7.15. The van der Waals surface area contributed by atoms with Gasteiger partial charge in [-0.15, -0.1) is 0 Å². The molecule has 7 nitrogen and oxygen atoms in total. The lowest BCUT2D eigenvalue weighted by atomic mass is 10.2. The molecule has 0 aliphatic carbocycles. The highest BCUT2D eigenvalue weighted by Crippen LogP contribution is 2.34. The standard InChI is InChI=1S/C26H24ClFN4O3/c1-2-24(33)29-11-12-34-23-8-4-7-21-25(23)26(31-16-30-21)32-19-9-10-22(20(27)14-19)35-15-17-5-3-6-18(28)13-17/h3-10,13-14,16H,2,11-12,15H2,1H3,(H,29,33)(H,30,31,32). The van der Waals surface area contributed by atoms with Crippen LogP contribution in [0.3, 0.4) is 0 Å². The van der Waals surface area contributed by atoms with E-state index in [1.165, 1.54) is 18.5 Å². The molecule has 1 aromatic heterocycles. The minimum Gasteiger partial charge on any atom is -0.491 e. The lowest BCUT2D eigenvalue weighted by Gasteiger charge is -2.14. The number of benzene rings is 3. The second-order valence-corrected chi connectivity index (χ2v) is 8.02. The average Bonchev–Trinajstić information content (AvgIpc) is 2.86. The molecular weight excluding hydrogens is 471 g/mol. The zero-order chi connectivity index (χ0) is 24.6. The van der Waals surface area contributed by atoms with Gasteiger partial charge in [-0.2, -0.15) is 0 Å². The second kappa shape index (κ2) is 11.5. The Labute approximate surface area is 207 Å². The summed E-state index contributed by atoms with van der Waals surface area (Å²) in [5.74, 6) is 1.28. The van der Waals surface area contributed by atoms with Gasteiger partial charge in [0, 0.05) is 12.1 Å². The van der Waals surface area contributed by atoms with Gasteiger partial charge in [-0.05, 0) is 48.0 Å². The van der Waals surface area contributed by atoms with Crippen molar-refractivity contribution in [2.45, 2.75) is 20.0 Å². The van der Waals surface area contributed by atoms with E-state index < -0.39 is 0 Å². The van der Waals surface area contributed by atoms with E-state index in [4.69, 9.17) is 21.1 Å². The van der Waals surface area contributed by atoms with Crippen LogP contribution in [-0.4, -0.2) is 29.0 Å². The minimum absolute atomic E-state index is 0.0301. The molecule has 0 aliphatic heterocycles. The highest BCUT2D eigenvalue weighted by Gasteiger charge is 2.12. The van der Waals surface area contributed by atoms with Crippen molar-refractivity contribution in [3.8, 4) is 11.5 Å². The molecule has 0 aliphatic rings. The van der Waals surface area contributed by atoms with Crippen LogP contribution in [0.5, 0.6) is 11.5 Å². The Hall–Kier alpha value is -3.91. The quantitative estimate of drug-likeness (QED) is 0.277. The van der Waals surface area contributed by atoms with Crippen molar-refractivity contribution in [2.75, 3.05) is 18.5 Å². The van der Waals surface area contributed by atoms with E-state index in [0.29, 0.717) is 64.1 Å². The lowest BCUT2D eigenvalue weighted by molar-refractivity contribution is -0.120. The molecule has 0 bridgehead atoms. The SMILES string of the molecule is CCC(=O)NCCOc1cccc2ncnc(Nc3ccc(OCc4cccc(F)c4)c(Cl)c3)c12. The van der Waals surface area contributed by atoms with Gasteiger partial charge in [0.05, 0.1) is 22.5 Å². The summed E-state index contributed by atoms with van der Waals surface area (Å²) in [6, 6.07) is 17.0. The van der Waals surface area contributed by atoms with Crippen molar-refractivity contribution in [1.29, 1.82) is 0 Å². The van der Waals surface area contributed by atoms with Gasteiger partial charge in [0.15, 0.2) is 0 Å². The molecule has 0 spiro atoms. The predicted octanol–water partition coefficient (Wildman–Crippen LogP) is 5.65. The van der Waals surface area contributed by atoms with E-state index in [1.807, 2.05) is 24.3 Å². The lowest BCUT2D eigenvalue weighted by Crippen LogP contribution is -2.27. The summed E-state index contributed by atoms with van der Waals surface area (Å²) in [5.41, 5.74) is 2.11. The molecule has 0 unspecified atom stereocenters. The smallest absolute Gasteiger partial charge is 0.219 e. The highest BCUT2D eigenvalue weighted by molar-refractivity contribution is 6.32. The van der Waals surface area contributed by atoms with Gasteiger partial charge < -0.3 is 20.1 Å². The third-order valence-electron chi connectivity index (χ3n) is 5.11. The number of anilines is 2. The van der Waals surface area contributed by atoms with Crippen molar-refractivity contribution in [2.24, 2.45) is 0 Å².